The van der Waals surface area contributed by atoms with Crippen LogP contribution in [0, 0.1) is 0 Å². The molecule has 11 aromatic carbocycles. The van der Waals surface area contributed by atoms with Crippen molar-refractivity contribution in [2.24, 2.45) is 0 Å². The van der Waals surface area contributed by atoms with Crippen LogP contribution in [0.3, 0.4) is 0 Å². The maximum Gasteiger partial charge on any atom is 0.0726 e. The highest BCUT2D eigenvalue weighted by Gasteiger charge is 2.52. The highest BCUT2D eigenvalue weighted by Crippen LogP contribution is 2.65. The zero-order chi connectivity index (χ0) is 40.5. The first-order valence-corrected chi connectivity index (χ1v) is 22.4. The fourth-order valence-corrected chi connectivity index (χ4v) is 12.5. The summed E-state index contributed by atoms with van der Waals surface area (Å²) in [7, 11) is 0. The van der Waals surface area contributed by atoms with Gasteiger partial charge in [0.1, 0.15) is 0 Å². The predicted octanol–water partition coefficient (Wildman–Crippen LogP) is 16.9. The highest BCUT2D eigenvalue weighted by atomic mass is 32.1. The smallest absolute Gasteiger partial charge is 0.0726 e. The van der Waals surface area contributed by atoms with E-state index >= 15 is 0 Å². The van der Waals surface area contributed by atoms with Crippen LogP contribution in [0.1, 0.15) is 22.3 Å². The molecule has 1 heteroatoms. The molecule has 14 rings (SSSR count). The van der Waals surface area contributed by atoms with Crippen molar-refractivity contribution in [3.63, 3.8) is 0 Å². The summed E-state index contributed by atoms with van der Waals surface area (Å²) in [4.78, 5) is 0. The molecule has 286 valence electrons. The minimum absolute atomic E-state index is 0.520. The van der Waals surface area contributed by atoms with E-state index < -0.39 is 5.41 Å². The van der Waals surface area contributed by atoms with Gasteiger partial charge in [0.15, 0.2) is 0 Å². The van der Waals surface area contributed by atoms with Gasteiger partial charge in [-0.25, -0.2) is 0 Å². The van der Waals surface area contributed by atoms with Gasteiger partial charge >= 0.3 is 0 Å². The molecule has 1 spiro atoms. The molecule has 0 fully saturated rings. The van der Waals surface area contributed by atoms with Crippen molar-refractivity contribution in [2.45, 2.75) is 5.41 Å². The lowest BCUT2D eigenvalue weighted by Gasteiger charge is -2.31. The van der Waals surface area contributed by atoms with Crippen molar-refractivity contribution in [1.29, 1.82) is 0 Å². The van der Waals surface area contributed by atoms with Gasteiger partial charge in [-0.15, -0.1) is 11.3 Å². The topological polar surface area (TPSA) is 0 Å². The second-order valence-corrected chi connectivity index (χ2v) is 18.2. The van der Waals surface area contributed by atoms with Crippen LogP contribution in [0.5, 0.6) is 0 Å². The van der Waals surface area contributed by atoms with Gasteiger partial charge in [-0.3, -0.25) is 0 Å². The van der Waals surface area contributed by atoms with Gasteiger partial charge in [-0.1, -0.05) is 188 Å². The first-order valence-electron chi connectivity index (χ1n) is 21.6. The first kappa shape index (κ1) is 34.2. The third-order valence-corrected chi connectivity index (χ3v) is 15.2. The zero-order valence-electron chi connectivity index (χ0n) is 33.7. The van der Waals surface area contributed by atoms with E-state index in [1.807, 2.05) is 11.3 Å². The Labute approximate surface area is 363 Å². The van der Waals surface area contributed by atoms with Gasteiger partial charge in [0.05, 0.1) is 5.41 Å². The summed E-state index contributed by atoms with van der Waals surface area (Å²) in [6.45, 7) is 0. The summed E-state index contributed by atoms with van der Waals surface area (Å²) in [5.74, 6) is 0. The molecule has 1 heterocycles. The van der Waals surface area contributed by atoms with Gasteiger partial charge in [0.25, 0.3) is 0 Å². The van der Waals surface area contributed by atoms with Gasteiger partial charge in [0.2, 0.25) is 0 Å². The molecule has 0 aliphatic heterocycles. The van der Waals surface area contributed by atoms with E-state index in [9.17, 15) is 0 Å². The molecular weight excluding hydrogens is 765 g/mol. The first-order chi connectivity index (χ1) is 30.7. The lowest BCUT2D eigenvalue weighted by atomic mass is 9.69. The van der Waals surface area contributed by atoms with Crippen LogP contribution in [0.2, 0.25) is 0 Å². The lowest BCUT2D eigenvalue weighted by molar-refractivity contribution is 0.795. The predicted molar refractivity (Wildman–Crippen MR) is 264 cm³/mol. The average Bonchev–Trinajstić information content (AvgIpc) is 3.97. The highest BCUT2D eigenvalue weighted by molar-refractivity contribution is 7.25. The van der Waals surface area contributed by atoms with Crippen LogP contribution >= 0.6 is 11.3 Å². The van der Waals surface area contributed by atoms with E-state index in [4.69, 9.17) is 0 Å². The number of rotatable bonds is 3. The molecule has 12 aromatic rings. The zero-order valence-corrected chi connectivity index (χ0v) is 34.5. The van der Waals surface area contributed by atoms with E-state index in [0.29, 0.717) is 0 Å². The molecule has 62 heavy (non-hydrogen) atoms. The maximum atomic E-state index is 2.54. The summed E-state index contributed by atoms with van der Waals surface area (Å²) in [6.07, 6.45) is 0. The van der Waals surface area contributed by atoms with Gasteiger partial charge in [-0.2, -0.15) is 0 Å². The van der Waals surface area contributed by atoms with Crippen molar-refractivity contribution >= 4 is 63.8 Å². The molecule has 1 unspecified atom stereocenters. The monoisotopic (exact) mass is 800 g/mol. The molecule has 0 saturated carbocycles. The Hall–Kier alpha value is -7.58. The van der Waals surface area contributed by atoms with Gasteiger partial charge in [-0.05, 0) is 141 Å². The Balaban J connectivity index is 1.04. The second kappa shape index (κ2) is 12.7. The molecule has 0 amide bonds. The summed E-state index contributed by atoms with van der Waals surface area (Å²) >= 11 is 1.89. The van der Waals surface area contributed by atoms with Crippen LogP contribution in [-0.4, -0.2) is 0 Å². The van der Waals surface area contributed by atoms with E-state index in [1.165, 1.54) is 130 Å². The number of hydrogen-bond acceptors (Lipinski definition) is 1. The third-order valence-electron chi connectivity index (χ3n) is 14.1. The number of benzene rings is 11. The molecule has 0 bridgehead atoms. The Morgan fingerprint density at radius 1 is 0.258 bits per heavy atom. The van der Waals surface area contributed by atoms with E-state index in [1.54, 1.807) is 0 Å². The molecule has 2 aliphatic carbocycles. The fraction of sp³-hybridized carbons (Fsp3) is 0.0164. The van der Waals surface area contributed by atoms with Crippen LogP contribution in [0.4, 0.5) is 0 Å². The third kappa shape index (κ3) is 4.56. The minimum Gasteiger partial charge on any atom is -0.135 e. The van der Waals surface area contributed by atoms with Crippen molar-refractivity contribution < 1.29 is 0 Å². The Morgan fingerprint density at radius 3 is 1.45 bits per heavy atom. The summed E-state index contributed by atoms with van der Waals surface area (Å²) in [5.41, 5.74) is 17.7. The van der Waals surface area contributed by atoms with Crippen LogP contribution in [-0.2, 0) is 5.41 Å². The van der Waals surface area contributed by atoms with Crippen LogP contribution in [0.15, 0.2) is 218 Å². The van der Waals surface area contributed by atoms with E-state index in [2.05, 4.69) is 218 Å². The van der Waals surface area contributed by atoms with Gasteiger partial charge < -0.3 is 0 Å². The minimum atomic E-state index is -0.520. The Morgan fingerprint density at radius 2 is 0.758 bits per heavy atom. The molecule has 0 saturated heterocycles. The van der Waals surface area contributed by atoms with E-state index in [-0.39, 0.29) is 0 Å². The van der Waals surface area contributed by atoms with Crippen molar-refractivity contribution in [2.75, 3.05) is 0 Å². The molecule has 0 N–H and O–H groups in total. The molecule has 0 nitrogen and oxygen atoms in total. The quantitative estimate of drug-likeness (QED) is 0.156. The standard InChI is InChI=1S/C61H36S/c1-3-13-37(14-4-1)39-26-32-57-52(33-39)48-29-25-42(36-58(48)62-57)41-24-28-47-46-27-23-40(38-15-5-2-6-16-38)34-55(46)61(56(47)35-41)53-22-12-11-21-51(53)60-54(61)31-30-50-45-19-8-7-17-43(45)44-18-9-10-20-49(44)59(50)60/h1-36H. The largest absolute Gasteiger partial charge is 0.135 e. The Bertz CT molecular complexity index is 3820. The maximum absolute atomic E-state index is 2.54. The number of thiophene rings is 1. The fourth-order valence-electron chi connectivity index (χ4n) is 11.4. The van der Waals surface area contributed by atoms with E-state index in [0.717, 1.165) is 0 Å². The number of fused-ring (bicyclic) bond motifs is 20. The van der Waals surface area contributed by atoms with Crippen molar-refractivity contribution in [3.8, 4) is 55.6 Å². The molecular formula is C61H36S. The summed E-state index contributed by atoms with van der Waals surface area (Å²) in [6, 6.07) is 82.4. The van der Waals surface area contributed by atoms with Crippen LogP contribution in [0.25, 0.3) is 108 Å². The molecule has 1 aromatic heterocycles. The lowest BCUT2D eigenvalue weighted by Crippen LogP contribution is -2.26. The van der Waals surface area contributed by atoms with Gasteiger partial charge in [0, 0.05) is 20.2 Å². The Kier molecular flexibility index (Phi) is 7.01. The molecule has 1 atom stereocenters. The summed E-state index contributed by atoms with van der Waals surface area (Å²) in [5, 5.41) is 10.5. The number of hydrogen-bond donors (Lipinski definition) is 0. The summed E-state index contributed by atoms with van der Waals surface area (Å²) < 4.78 is 2.64. The molecule has 0 radical (unpaired) electrons. The van der Waals surface area contributed by atoms with Crippen molar-refractivity contribution in [3.05, 3.63) is 241 Å². The van der Waals surface area contributed by atoms with Crippen LogP contribution < -0.4 is 0 Å². The molecule has 2 aliphatic rings. The second-order valence-electron chi connectivity index (χ2n) is 17.1. The normalized spacial score (nSPS) is 14.8. The van der Waals surface area contributed by atoms with Crippen molar-refractivity contribution in [1.82, 2.24) is 0 Å². The SMILES string of the molecule is c1ccc(-c2ccc3c(c2)C2(c4cc(-c5ccc6c(c5)sc5ccc(-c7ccccc7)cc56)ccc4-3)c3ccccc3-c3c2ccc2c4ccccc4c4ccccc4c32)cc1. The average molecular weight is 801 g/mol.